The van der Waals surface area contributed by atoms with Gasteiger partial charge in [-0.1, -0.05) is 0 Å². The largest absolute Gasteiger partial charge is 0.394 e. The summed E-state index contributed by atoms with van der Waals surface area (Å²) in [5.74, 6) is -1.68. The van der Waals surface area contributed by atoms with E-state index in [1.165, 1.54) is 0 Å². The van der Waals surface area contributed by atoms with Gasteiger partial charge in [0.2, 0.25) is 11.8 Å². The van der Waals surface area contributed by atoms with Crippen LogP contribution in [0.5, 0.6) is 0 Å². The lowest BCUT2D eigenvalue weighted by molar-refractivity contribution is -0.388. The first-order chi connectivity index (χ1) is 34.5. The van der Waals surface area contributed by atoms with Crippen LogP contribution >= 0.6 is 0 Å². The summed E-state index contributed by atoms with van der Waals surface area (Å²) in [6.45, 7) is -3.65. The highest BCUT2D eigenvalue weighted by Gasteiger charge is 2.57. The number of carbonyl (C=O) groups excluding carboxylic acids is 2. The zero-order chi connectivity index (χ0) is 53.9. The minimum absolute atomic E-state index is 0.814. The minimum atomic E-state index is -2.30. The number of carbonyl (C=O) groups is 2. The van der Waals surface area contributed by atoms with Crippen LogP contribution in [-0.4, -0.2) is 327 Å². The predicted octanol–water partition coefficient (Wildman–Crippen LogP) is -13.8. The molecule has 30 atom stereocenters. The molecule has 6 saturated heterocycles. The van der Waals surface area contributed by atoms with Gasteiger partial charge in [0.05, 0.1) is 39.6 Å². The normalized spacial score (nSPS) is 49.8. The van der Waals surface area contributed by atoms with Crippen molar-refractivity contribution in [2.24, 2.45) is 0 Å². The van der Waals surface area contributed by atoms with Crippen LogP contribution in [0.25, 0.3) is 0 Å². The second kappa shape index (κ2) is 26.0. The van der Waals surface area contributed by atoms with Gasteiger partial charge >= 0.3 is 0 Å². The Morgan fingerprint density at radius 3 is 1.05 bits per heavy atom. The molecule has 0 saturated carbocycles. The second-order valence-corrected chi connectivity index (χ2v) is 18.3. The van der Waals surface area contributed by atoms with Crippen molar-refractivity contribution in [2.45, 2.75) is 198 Å². The van der Waals surface area contributed by atoms with E-state index in [0.717, 1.165) is 13.8 Å². The molecule has 6 rings (SSSR count). The molecular formula is C40H68N2O31. The van der Waals surface area contributed by atoms with E-state index in [1.807, 2.05) is 0 Å². The summed E-state index contributed by atoms with van der Waals surface area (Å²) < 4.78 is 63.3. The number of rotatable bonds is 18. The smallest absolute Gasteiger partial charge is 0.217 e. The summed E-state index contributed by atoms with van der Waals surface area (Å²) >= 11 is 0. The molecule has 20 N–H and O–H groups in total. The fourth-order valence-electron chi connectivity index (χ4n) is 9.22. The maximum atomic E-state index is 12.6. The molecule has 0 radical (unpaired) electrons. The molecule has 0 bridgehead atoms. The Bertz CT molecular complexity index is 1740. The highest BCUT2D eigenvalue weighted by Crippen LogP contribution is 2.36. The number of hydrogen-bond acceptors (Lipinski definition) is 31. The van der Waals surface area contributed by atoms with E-state index in [9.17, 15) is 102 Å². The molecule has 6 aliphatic rings. The van der Waals surface area contributed by atoms with Crippen LogP contribution in [0.15, 0.2) is 0 Å². The maximum Gasteiger partial charge on any atom is 0.217 e. The van der Waals surface area contributed by atoms with Gasteiger partial charge in [0.25, 0.3) is 0 Å². The van der Waals surface area contributed by atoms with Gasteiger partial charge in [0, 0.05) is 13.8 Å². The first kappa shape index (κ1) is 60.0. The van der Waals surface area contributed by atoms with Crippen LogP contribution < -0.4 is 10.6 Å². The lowest BCUT2D eigenvalue weighted by atomic mass is 9.94. The highest BCUT2D eigenvalue weighted by atomic mass is 16.8. The van der Waals surface area contributed by atoms with Crippen molar-refractivity contribution >= 4 is 11.8 Å². The molecule has 424 valence electrons. The number of amides is 2. The molecule has 6 heterocycles. The third-order valence-corrected chi connectivity index (χ3v) is 13.2. The van der Waals surface area contributed by atoms with Gasteiger partial charge in [-0.05, 0) is 0 Å². The highest BCUT2D eigenvalue weighted by molar-refractivity contribution is 5.73. The standard InChI is InChI=1S/C40H68N2O31/c1-9(48)41-17-22(53)31(70-38-27(58)24(55)19(50)11(3-43)65-38)14(6-46)68-36(17)63-8-16-33(72-40-29(60)26(57)21(52)13(5-45)67-40)34(30(61)35(62)64-16)73-37-18(42-10(2)49)23(54)32(15(7-47)69-37)71-39-28(59)25(56)20(51)12(4-44)66-39/h11-40,43-47,50-62H,3-8H2,1-2H3,(H,41,48)(H,42,49)/t11-,12-,13-,14-,15-,16-,17-,18-,19+,20+,21+,22-,23-,24+,25+,26+,27-,28-,29-,30-,31-,32-,33-,34-,35-,36-,37+,38+,39+,40+/m1/s1. The summed E-state index contributed by atoms with van der Waals surface area (Å²) in [6, 6.07) is -3.50. The van der Waals surface area contributed by atoms with Crippen molar-refractivity contribution < 1.29 is 154 Å². The summed E-state index contributed by atoms with van der Waals surface area (Å²) in [6.07, 6.45) is -53.4. The average molecular weight is 1070 g/mol. The van der Waals surface area contributed by atoms with Gasteiger partial charge in [0.1, 0.15) is 146 Å². The molecule has 0 aromatic rings. The minimum Gasteiger partial charge on any atom is -0.394 e. The fourth-order valence-corrected chi connectivity index (χ4v) is 9.22. The molecule has 0 aromatic carbocycles. The molecule has 0 spiro atoms. The van der Waals surface area contributed by atoms with E-state index in [0.29, 0.717) is 0 Å². The maximum absolute atomic E-state index is 12.6. The first-order valence-electron chi connectivity index (χ1n) is 23.1. The van der Waals surface area contributed by atoms with Gasteiger partial charge in [-0.2, -0.15) is 0 Å². The molecule has 2 amide bonds. The van der Waals surface area contributed by atoms with Crippen molar-refractivity contribution in [1.29, 1.82) is 0 Å². The van der Waals surface area contributed by atoms with Crippen LogP contribution in [0.4, 0.5) is 0 Å². The van der Waals surface area contributed by atoms with E-state index in [-0.39, 0.29) is 0 Å². The average Bonchev–Trinajstić information content (AvgIpc) is 3.36. The lowest BCUT2D eigenvalue weighted by Gasteiger charge is -2.50. The topological polar surface area (TPSA) is 524 Å². The monoisotopic (exact) mass is 1070 g/mol. The second-order valence-electron chi connectivity index (χ2n) is 18.3. The molecule has 0 aromatic heterocycles. The van der Waals surface area contributed by atoms with E-state index in [2.05, 4.69) is 10.6 Å². The molecule has 73 heavy (non-hydrogen) atoms. The summed E-state index contributed by atoms with van der Waals surface area (Å²) in [5, 5.41) is 196. The van der Waals surface area contributed by atoms with Crippen molar-refractivity contribution in [2.75, 3.05) is 39.6 Å². The van der Waals surface area contributed by atoms with Crippen molar-refractivity contribution in [3.05, 3.63) is 0 Å². The molecule has 0 unspecified atom stereocenters. The number of aliphatic hydroxyl groups is 18. The molecular weight excluding hydrogens is 1000 g/mol. The van der Waals surface area contributed by atoms with E-state index in [1.54, 1.807) is 0 Å². The quantitative estimate of drug-likeness (QED) is 0.0606. The number of nitrogens with one attached hydrogen (secondary N) is 2. The Balaban J connectivity index is 1.29. The van der Waals surface area contributed by atoms with Crippen LogP contribution in [0, 0.1) is 0 Å². The molecule has 6 aliphatic heterocycles. The Hall–Kier alpha value is -2.22. The fraction of sp³-hybridized carbons (Fsp3) is 0.950. The Morgan fingerprint density at radius 2 is 0.685 bits per heavy atom. The Labute approximate surface area is 413 Å². The lowest BCUT2D eigenvalue weighted by Crippen LogP contribution is -2.70. The van der Waals surface area contributed by atoms with Crippen molar-refractivity contribution in [3.8, 4) is 0 Å². The Kier molecular flexibility index (Phi) is 21.3. The van der Waals surface area contributed by atoms with Crippen molar-refractivity contribution in [1.82, 2.24) is 10.6 Å². The third-order valence-electron chi connectivity index (χ3n) is 13.2. The molecule has 0 aliphatic carbocycles. The third kappa shape index (κ3) is 13.0. The zero-order valence-electron chi connectivity index (χ0n) is 38.9. The number of aliphatic hydroxyl groups excluding tert-OH is 18. The number of hydrogen-bond donors (Lipinski definition) is 20. The summed E-state index contributed by atoms with van der Waals surface area (Å²) in [5.41, 5.74) is 0. The SMILES string of the molecule is CC(=O)N[C@H]1[C@H](OC[C@H]2O[C@@H](O)[C@H](O)[C@@H](O[C@@H]3O[C@H](CO)[C@@H](O[C@@H]4O[C@H](CO)[C@H](O)[C@H](O)[C@H]4O)[C@H](O)[C@H]3NC(C)=O)[C@@H]2O[C@@H]2O[C@H](CO)[C@H](O)[C@H](O)[C@H]2O)O[C@H](CO)[C@@H](O[C@@H]2O[C@H](CO)[C@H](O)[C@H](O)[C@H]2O)[C@@H]1O. The first-order valence-corrected chi connectivity index (χ1v) is 23.1. The summed E-state index contributed by atoms with van der Waals surface area (Å²) in [7, 11) is 0. The van der Waals surface area contributed by atoms with Gasteiger partial charge in [-0.25, -0.2) is 0 Å². The van der Waals surface area contributed by atoms with Gasteiger partial charge in [-0.3, -0.25) is 9.59 Å². The van der Waals surface area contributed by atoms with Crippen LogP contribution in [0.3, 0.4) is 0 Å². The molecule has 33 heteroatoms. The molecule has 33 nitrogen and oxygen atoms in total. The van der Waals surface area contributed by atoms with Crippen LogP contribution in [0.2, 0.25) is 0 Å². The van der Waals surface area contributed by atoms with E-state index < -0.39 is 236 Å². The number of ether oxygens (including phenoxy) is 11. The Morgan fingerprint density at radius 1 is 0.356 bits per heavy atom. The van der Waals surface area contributed by atoms with E-state index in [4.69, 9.17) is 52.1 Å². The molecule has 6 fully saturated rings. The van der Waals surface area contributed by atoms with Crippen LogP contribution in [0.1, 0.15) is 13.8 Å². The predicted molar refractivity (Wildman–Crippen MR) is 222 cm³/mol. The van der Waals surface area contributed by atoms with Gasteiger partial charge in [0.15, 0.2) is 37.7 Å². The van der Waals surface area contributed by atoms with Gasteiger partial charge in [-0.15, -0.1) is 0 Å². The zero-order valence-corrected chi connectivity index (χ0v) is 38.9. The van der Waals surface area contributed by atoms with Crippen LogP contribution in [-0.2, 0) is 61.7 Å². The summed E-state index contributed by atoms with van der Waals surface area (Å²) in [4.78, 5) is 25.1. The van der Waals surface area contributed by atoms with Crippen molar-refractivity contribution in [3.63, 3.8) is 0 Å². The van der Waals surface area contributed by atoms with E-state index >= 15 is 0 Å². The van der Waals surface area contributed by atoms with Gasteiger partial charge < -0.3 is 155 Å².